The van der Waals surface area contributed by atoms with E-state index < -0.39 is 0 Å². The highest BCUT2D eigenvalue weighted by molar-refractivity contribution is 5.90. The smallest absolute Gasteiger partial charge is 0.135 e. The lowest BCUT2D eigenvalue weighted by Gasteiger charge is -2.43. The predicted molar refractivity (Wildman–Crippen MR) is 88.1 cm³/mol. The van der Waals surface area contributed by atoms with Gasteiger partial charge in [-0.05, 0) is 55.1 Å². The maximum absolute atomic E-state index is 6.13. The second kappa shape index (κ2) is 4.72. The van der Waals surface area contributed by atoms with Crippen molar-refractivity contribution in [3.8, 4) is 11.5 Å². The third-order valence-corrected chi connectivity index (χ3v) is 5.33. The summed E-state index contributed by atoms with van der Waals surface area (Å²) in [5.74, 6) is 2.75. The zero-order valence-corrected chi connectivity index (χ0v) is 12.6. The van der Waals surface area contributed by atoms with Crippen molar-refractivity contribution >= 4 is 5.57 Å². The number of piperidine rings is 3. The molecule has 22 heavy (non-hydrogen) atoms. The first-order valence-corrected chi connectivity index (χ1v) is 8.22. The van der Waals surface area contributed by atoms with Gasteiger partial charge < -0.3 is 4.74 Å². The Morgan fingerprint density at radius 3 is 1.95 bits per heavy atom. The van der Waals surface area contributed by atoms with Gasteiger partial charge in [-0.15, -0.1) is 0 Å². The SMILES string of the molecule is c1ccc2c(c1)Oc1ccccc1C2=C1CN2CCC1CC2. The molecule has 0 aromatic heterocycles. The van der Waals surface area contributed by atoms with E-state index in [-0.39, 0.29) is 0 Å². The molecule has 0 amide bonds. The van der Waals surface area contributed by atoms with E-state index in [0.717, 1.165) is 24.0 Å². The number of rotatable bonds is 0. The van der Waals surface area contributed by atoms with Crippen LogP contribution in [-0.4, -0.2) is 24.5 Å². The molecule has 2 bridgehead atoms. The molecule has 6 rings (SSSR count). The number of ether oxygens (including phenoxy) is 1. The van der Waals surface area contributed by atoms with Crippen LogP contribution in [0.4, 0.5) is 0 Å². The molecule has 0 unspecified atom stereocenters. The molecule has 0 N–H and O–H groups in total. The van der Waals surface area contributed by atoms with Gasteiger partial charge in [-0.2, -0.15) is 0 Å². The van der Waals surface area contributed by atoms with Crippen LogP contribution in [0, 0.1) is 5.92 Å². The summed E-state index contributed by atoms with van der Waals surface area (Å²) in [5, 5.41) is 0. The predicted octanol–water partition coefficient (Wildman–Crippen LogP) is 4.32. The van der Waals surface area contributed by atoms with Gasteiger partial charge >= 0.3 is 0 Å². The van der Waals surface area contributed by atoms with Crippen LogP contribution in [0.2, 0.25) is 0 Å². The normalized spacial score (nSPS) is 25.5. The van der Waals surface area contributed by atoms with Crippen molar-refractivity contribution in [2.24, 2.45) is 5.92 Å². The third kappa shape index (κ3) is 1.77. The Morgan fingerprint density at radius 2 is 1.41 bits per heavy atom. The molecule has 4 aliphatic heterocycles. The first kappa shape index (κ1) is 12.5. The lowest BCUT2D eigenvalue weighted by molar-refractivity contribution is 0.162. The molecule has 3 saturated heterocycles. The number of fused-ring (bicyclic) bond motifs is 5. The van der Waals surface area contributed by atoms with Gasteiger partial charge in [0.05, 0.1) is 0 Å². The van der Waals surface area contributed by atoms with Crippen molar-refractivity contribution in [2.75, 3.05) is 19.6 Å². The summed E-state index contributed by atoms with van der Waals surface area (Å²) in [7, 11) is 0. The average molecular weight is 289 g/mol. The number of para-hydroxylation sites is 2. The van der Waals surface area contributed by atoms with Gasteiger partial charge in [0.1, 0.15) is 11.5 Å². The van der Waals surface area contributed by atoms with Crippen molar-refractivity contribution < 1.29 is 4.74 Å². The van der Waals surface area contributed by atoms with E-state index in [4.69, 9.17) is 4.74 Å². The van der Waals surface area contributed by atoms with Gasteiger partial charge in [0.15, 0.2) is 0 Å². The third-order valence-electron chi connectivity index (χ3n) is 5.33. The van der Waals surface area contributed by atoms with Crippen LogP contribution >= 0.6 is 0 Å². The van der Waals surface area contributed by atoms with E-state index in [0.29, 0.717) is 0 Å². The molecule has 0 saturated carbocycles. The fraction of sp³-hybridized carbons (Fsp3) is 0.300. The molecule has 2 aromatic rings. The van der Waals surface area contributed by atoms with E-state index in [9.17, 15) is 0 Å². The second-order valence-electron chi connectivity index (χ2n) is 6.55. The maximum Gasteiger partial charge on any atom is 0.135 e. The molecule has 4 aliphatic rings. The molecule has 0 spiro atoms. The fourth-order valence-corrected chi connectivity index (χ4v) is 4.23. The van der Waals surface area contributed by atoms with Gasteiger partial charge in [0.2, 0.25) is 0 Å². The molecule has 110 valence electrons. The van der Waals surface area contributed by atoms with E-state index in [1.54, 1.807) is 5.57 Å². The van der Waals surface area contributed by atoms with Gasteiger partial charge in [0, 0.05) is 17.7 Å². The molecule has 3 fully saturated rings. The maximum atomic E-state index is 6.13. The van der Waals surface area contributed by atoms with Crippen LogP contribution in [0.5, 0.6) is 11.5 Å². The standard InChI is InChI=1S/C20H19NO/c1-3-7-18-15(5-1)20(16-6-2-4-8-19(16)22-18)17-13-21-11-9-14(17)10-12-21/h1-8,14H,9-13H2. The Balaban J connectivity index is 1.78. The summed E-state index contributed by atoms with van der Waals surface area (Å²) in [6.45, 7) is 3.66. The van der Waals surface area contributed by atoms with Crippen LogP contribution in [0.1, 0.15) is 24.0 Å². The number of benzene rings is 2. The highest BCUT2D eigenvalue weighted by Crippen LogP contribution is 2.48. The summed E-state index contributed by atoms with van der Waals surface area (Å²) in [6.07, 6.45) is 2.62. The van der Waals surface area contributed by atoms with E-state index >= 15 is 0 Å². The molecule has 0 atom stereocenters. The zero-order chi connectivity index (χ0) is 14.5. The van der Waals surface area contributed by atoms with Gasteiger partial charge in [-0.25, -0.2) is 0 Å². The molecule has 4 heterocycles. The highest BCUT2D eigenvalue weighted by atomic mass is 16.5. The van der Waals surface area contributed by atoms with Crippen LogP contribution in [0.15, 0.2) is 54.1 Å². The van der Waals surface area contributed by atoms with Gasteiger partial charge in [0.25, 0.3) is 0 Å². The van der Waals surface area contributed by atoms with Crippen LogP contribution in [-0.2, 0) is 0 Å². The Bertz CT molecular complexity index is 721. The lowest BCUT2D eigenvalue weighted by atomic mass is 9.77. The minimum absolute atomic E-state index is 0.749. The first-order valence-electron chi connectivity index (χ1n) is 8.22. The van der Waals surface area contributed by atoms with E-state index in [1.165, 1.54) is 42.6 Å². The minimum Gasteiger partial charge on any atom is -0.456 e. The summed E-state index contributed by atoms with van der Waals surface area (Å²) in [6, 6.07) is 17.0. The summed E-state index contributed by atoms with van der Waals surface area (Å²) in [5.41, 5.74) is 5.60. The van der Waals surface area contributed by atoms with Crippen molar-refractivity contribution in [3.05, 3.63) is 65.2 Å². The Morgan fingerprint density at radius 1 is 0.818 bits per heavy atom. The average Bonchev–Trinajstić information content (AvgIpc) is 2.60. The lowest BCUT2D eigenvalue weighted by Crippen LogP contribution is -2.43. The van der Waals surface area contributed by atoms with Crippen molar-refractivity contribution in [2.45, 2.75) is 12.8 Å². The number of hydrogen-bond acceptors (Lipinski definition) is 2. The first-order chi connectivity index (χ1) is 10.9. The number of hydrogen-bond donors (Lipinski definition) is 0. The topological polar surface area (TPSA) is 12.5 Å². The van der Waals surface area contributed by atoms with Crippen LogP contribution in [0.3, 0.4) is 0 Å². The molecule has 2 aromatic carbocycles. The zero-order valence-electron chi connectivity index (χ0n) is 12.6. The van der Waals surface area contributed by atoms with Crippen molar-refractivity contribution in [3.63, 3.8) is 0 Å². The quantitative estimate of drug-likeness (QED) is 0.611. The molecule has 0 aliphatic carbocycles. The summed E-state index contributed by atoms with van der Waals surface area (Å²) in [4.78, 5) is 2.60. The van der Waals surface area contributed by atoms with E-state index in [1.807, 2.05) is 0 Å². The van der Waals surface area contributed by atoms with E-state index in [2.05, 4.69) is 53.4 Å². The van der Waals surface area contributed by atoms with Crippen LogP contribution < -0.4 is 4.74 Å². The van der Waals surface area contributed by atoms with Crippen molar-refractivity contribution in [1.29, 1.82) is 0 Å². The molecule has 2 heteroatoms. The number of nitrogens with zero attached hydrogens (tertiary/aromatic N) is 1. The highest BCUT2D eigenvalue weighted by Gasteiger charge is 2.34. The summed E-state index contributed by atoms with van der Waals surface area (Å²) >= 11 is 0. The Hall–Kier alpha value is -2.06. The van der Waals surface area contributed by atoms with Gasteiger partial charge in [-0.3, -0.25) is 4.90 Å². The molecule has 2 nitrogen and oxygen atoms in total. The monoisotopic (exact) mass is 289 g/mol. The molecular weight excluding hydrogens is 270 g/mol. The summed E-state index contributed by atoms with van der Waals surface area (Å²) < 4.78 is 6.13. The largest absolute Gasteiger partial charge is 0.456 e. The minimum atomic E-state index is 0.749. The van der Waals surface area contributed by atoms with Gasteiger partial charge in [-0.1, -0.05) is 36.4 Å². The fourth-order valence-electron chi connectivity index (χ4n) is 4.23. The van der Waals surface area contributed by atoms with Crippen LogP contribution in [0.25, 0.3) is 5.57 Å². The van der Waals surface area contributed by atoms with Crippen molar-refractivity contribution in [1.82, 2.24) is 4.90 Å². The second-order valence-corrected chi connectivity index (χ2v) is 6.55. The Kier molecular flexibility index (Phi) is 2.68. The molecule has 0 radical (unpaired) electrons. The Labute approximate surface area is 131 Å². The molecular formula is C20H19NO.